The lowest BCUT2D eigenvalue weighted by atomic mass is 10.3. The molecule has 0 N–H and O–H groups in total. The van der Waals surface area contributed by atoms with E-state index in [2.05, 4.69) is 0 Å². The molecule has 3 aromatic carbocycles. The van der Waals surface area contributed by atoms with E-state index in [-0.39, 0.29) is 13.2 Å². The Hall–Kier alpha value is -2.46. The first kappa shape index (κ1) is 20.3. The summed E-state index contributed by atoms with van der Waals surface area (Å²) in [4.78, 5) is 0. The van der Waals surface area contributed by atoms with Crippen LogP contribution < -0.4 is 13.8 Å². The van der Waals surface area contributed by atoms with Gasteiger partial charge in [-0.05, 0) is 36.4 Å². The van der Waals surface area contributed by atoms with Gasteiger partial charge in [0.05, 0.1) is 12.0 Å². The van der Waals surface area contributed by atoms with E-state index in [4.69, 9.17) is 29.9 Å². The third-order valence-corrected chi connectivity index (χ3v) is 5.09. The highest BCUT2D eigenvalue weighted by Crippen LogP contribution is 2.49. The third kappa shape index (κ3) is 6.61. The normalized spacial score (nSPS) is 12.2. The second-order valence-electron chi connectivity index (χ2n) is 5.77. The lowest BCUT2D eigenvalue weighted by Gasteiger charge is -2.20. The first-order chi connectivity index (χ1) is 13.6. The van der Waals surface area contributed by atoms with Crippen molar-refractivity contribution in [3.05, 3.63) is 91.0 Å². The van der Waals surface area contributed by atoms with E-state index >= 15 is 0 Å². The van der Waals surface area contributed by atoms with Crippen LogP contribution in [0.3, 0.4) is 0 Å². The second-order valence-corrected chi connectivity index (χ2v) is 7.91. The molecule has 0 saturated carbocycles. The molecule has 0 unspecified atom stereocenters. The molecule has 0 amide bonds. The number of benzene rings is 3. The predicted octanol–water partition coefficient (Wildman–Crippen LogP) is 5.96. The number of rotatable bonds is 10. The second kappa shape index (κ2) is 10.2. The van der Waals surface area contributed by atoms with Gasteiger partial charge in [0, 0.05) is 0 Å². The average molecular weight is 419 g/mol. The van der Waals surface area contributed by atoms with Crippen LogP contribution in [0.25, 0.3) is 0 Å². The Morgan fingerprint density at radius 2 is 1.11 bits per heavy atom. The summed E-state index contributed by atoms with van der Waals surface area (Å²) in [6.45, 7) is 0.105. The SMILES string of the molecule is O=P(OC[C@H](Cl)COc1ccccc1)(Oc1ccccc1)Oc1ccccc1. The van der Waals surface area contributed by atoms with Crippen molar-refractivity contribution in [1.82, 2.24) is 0 Å². The van der Waals surface area contributed by atoms with Gasteiger partial charge < -0.3 is 13.8 Å². The molecule has 0 fully saturated rings. The topological polar surface area (TPSA) is 54.0 Å². The lowest BCUT2D eigenvalue weighted by molar-refractivity contribution is 0.192. The summed E-state index contributed by atoms with van der Waals surface area (Å²) in [5.74, 6) is 1.43. The smallest absolute Gasteiger partial charge is 0.492 e. The number of phosphoric ester groups is 1. The summed E-state index contributed by atoms with van der Waals surface area (Å²) in [6, 6.07) is 26.7. The van der Waals surface area contributed by atoms with Crippen LogP contribution in [0.4, 0.5) is 0 Å². The zero-order chi connectivity index (χ0) is 19.7. The minimum atomic E-state index is -3.95. The molecule has 0 radical (unpaired) electrons. The summed E-state index contributed by atoms with van der Waals surface area (Å²) >= 11 is 6.26. The fraction of sp³-hybridized carbons (Fsp3) is 0.143. The Labute approximate surface area is 169 Å². The Morgan fingerprint density at radius 1 is 0.679 bits per heavy atom. The maximum atomic E-state index is 13.2. The number of alkyl halides is 1. The van der Waals surface area contributed by atoms with Crippen LogP contribution in [-0.4, -0.2) is 18.6 Å². The average Bonchev–Trinajstić information content (AvgIpc) is 2.73. The molecular weight excluding hydrogens is 399 g/mol. The quantitative estimate of drug-likeness (QED) is 0.300. The Morgan fingerprint density at radius 3 is 1.57 bits per heavy atom. The van der Waals surface area contributed by atoms with Crippen LogP contribution in [0.1, 0.15) is 0 Å². The molecule has 0 heterocycles. The predicted molar refractivity (Wildman–Crippen MR) is 109 cm³/mol. The Balaban J connectivity index is 1.62. The van der Waals surface area contributed by atoms with Crippen molar-refractivity contribution in [3.63, 3.8) is 0 Å². The third-order valence-electron chi connectivity index (χ3n) is 3.51. The van der Waals surface area contributed by atoms with E-state index < -0.39 is 13.2 Å². The van der Waals surface area contributed by atoms with Gasteiger partial charge in [0.2, 0.25) is 0 Å². The Kier molecular flexibility index (Phi) is 7.38. The van der Waals surface area contributed by atoms with Crippen LogP contribution in [0.15, 0.2) is 91.0 Å². The number of hydrogen-bond acceptors (Lipinski definition) is 5. The monoisotopic (exact) mass is 418 g/mol. The zero-order valence-electron chi connectivity index (χ0n) is 15.0. The van der Waals surface area contributed by atoms with Crippen LogP contribution >= 0.6 is 19.4 Å². The van der Waals surface area contributed by atoms with Crippen LogP contribution in [0, 0.1) is 0 Å². The summed E-state index contributed by atoms with van der Waals surface area (Å²) in [5.41, 5.74) is 0. The van der Waals surface area contributed by atoms with Gasteiger partial charge in [0.15, 0.2) is 0 Å². The molecule has 0 aliphatic rings. The maximum absolute atomic E-state index is 13.2. The van der Waals surface area contributed by atoms with Gasteiger partial charge in [0.25, 0.3) is 0 Å². The van der Waals surface area contributed by atoms with E-state index in [1.807, 2.05) is 42.5 Å². The molecule has 5 nitrogen and oxygen atoms in total. The maximum Gasteiger partial charge on any atom is 0.587 e. The molecule has 1 atom stereocenters. The molecule has 0 aromatic heterocycles. The standard InChI is InChI=1S/C21H20ClO5P/c22-18(16-24-19-10-4-1-5-11-19)17-25-28(23,26-20-12-6-2-7-13-20)27-21-14-8-3-9-15-21/h1-15,18H,16-17H2/t18-/m1/s1. The number of hydrogen-bond donors (Lipinski definition) is 0. The summed E-state index contributed by atoms with van der Waals surface area (Å²) in [6.07, 6.45) is 0. The van der Waals surface area contributed by atoms with Gasteiger partial charge in [-0.15, -0.1) is 11.6 Å². The van der Waals surface area contributed by atoms with Crippen molar-refractivity contribution in [2.45, 2.75) is 5.38 Å². The number of ether oxygens (including phenoxy) is 1. The van der Waals surface area contributed by atoms with Crippen LogP contribution in [-0.2, 0) is 9.09 Å². The van der Waals surface area contributed by atoms with E-state index in [1.165, 1.54) is 0 Å². The van der Waals surface area contributed by atoms with Gasteiger partial charge in [-0.3, -0.25) is 4.52 Å². The highest BCUT2D eigenvalue weighted by Gasteiger charge is 2.32. The van der Waals surface area contributed by atoms with Gasteiger partial charge in [-0.25, -0.2) is 4.57 Å². The molecular formula is C21H20ClO5P. The molecule has 0 saturated heterocycles. The largest absolute Gasteiger partial charge is 0.587 e. The summed E-state index contributed by atoms with van der Waals surface area (Å²) < 4.78 is 35.3. The zero-order valence-corrected chi connectivity index (χ0v) is 16.7. The van der Waals surface area contributed by atoms with Crippen LogP contribution in [0.2, 0.25) is 0 Å². The highest BCUT2D eigenvalue weighted by atomic mass is 35.5. The van der Waals surface area contributed by atoms with Crippen molar-refractivity contribution in [1.29, 1.82) is 0 Å². The van der Waals surface area contributed by atoms with Gasteiger partial charge >= 0.3 is 7.82 Å². The van der Waals surface area contributed by atoms with Crippen molar-refractivity contribution in [3.8, 4) is 17.2 Å². The molecule has 28 heavy (non-hydrogen) atoms. The summed E-state index contributed by atoms with van der Waals surface area (Å²) in [7, 11) is -3.95. The first-order valence-electron chi connectivity index (χ1n) is 8.69. The molecule has 0 bridgehead atoms. The van der Waals surface area contributed by atoms with E-state index in [9.17, 15) is 4.57 Å². The van der Waals surface area contributed by atoms with Crippen molar-refractivity contribution < 1.29 is 22.9 Å². The van der Waals surface area contributed by atoms with E-state index in [0.717, 1.165) is 0 Å². The fourth-order valence-electron chi connectivity index (χ4n) is 2.22. The molecule has 0 aliphatic carbocycles. The number of phosphoric acid groups is 1. The van der Waals surface area contributed by atoms with Gasteiger partial charge in [-0.1, -0.05) is 54.6 Å². The minimum absolute atomic E-state index is 0.0780. The number of para-hydroxylation sites is 3. The fourth-order valence-corrected chi connectivity index (χ4v) is 3.69. The van der Waals surface area contributed by atoms with Gasteiger partial charge in [0.1, 0.15) is 23.9 Å². The molecule has 0 aliphatic heterocycles. The highest BCUT2D eigenvalue weighted by molar-refractivity contribution is 7.49. The molecule has 0 spiro atoms. The van der Waals surface area contributed by atoms with Crippen molar-refractivity contribution in [2.24, 2.45) is 0 Å². The van der Waals surface area contributed by atoms with Crippen molar-refractivity contribution >= 4 is 19.4 Å². The van der Waals surface area contributed by atoms with Crippen LogP contribution in [0.5, 0.6) is 17.2 Å². The first-order valence-corrected chi connectivity index (χ1v) is 10.6. The van der Waals surface area contributed by atoms with E-state index in [0.29, 0.717) is 17.2 Å². The summed E-state index contributed by atoms with van der Waals surface area (Å²) in [5, 5.41) is -0.549. The number of halogens is 1. The molecule has 3 rings (SSSR count). The van der Waals surface area contributed by atoms with Gasteiger partial charge in [-0.2, -0.15) is 0 Å². The molecule has 146 valence electrons. The Bertz CT molecular complexity index is 832. The van der Waals surface area contributed by atoms with E-state index in [1.54, 1.807) is 48.5 Å². The van der Waals surface area contributed by atoms with Crippen molar-refractivity contribution in [2.75, 3.05) is 13.2 Å². The molecule has 7 heteroatoms. The minimum Gasteiger partial charge on any atom is -0.492 e. The molecule has 3 aromatic rings. The lowest BCUT2D eigenvalue weighted by Crippen LogP contribution is -2.19.